The third-order valence-electron chi connectivity index (χ3n) is 9.39. The summed E-state index contributed by atoms with van der Waals surface area (Å²) in [5.41, 5.74) is 4.67. The fraction of sp³-hybridized carbons (Fsp3) is 0.688. The number of hydrogen-bond acceptors (Lipinski definition) is 9. The average molecular weight is 576 g/mol. The summed E-state index contributed by atoms with van der Waals surface area (Å²) in [6.45, 7) is 14.4. The Kier molecular flexibility index (Phi) is 9.21. The van der Waals surface area contributed by atoms with Gasteiger partial charge in [-0.2, -0.15) is 5.10 Å². The number of nitrogens with zero attached hydrogens (tertiary/aromatic N) is 7. The molecule has 3 saturated heterocycles. The molecule has 3 aromatic rings. The van der Waals surface area contributed by atoms with Crippen LogP contribution in [0.15, 0.2) is 18.6 Å². The van der Waals surface area contributed by atoms with Crippen molar-refractivity contribution in [1.29, 1.82) is 0 Å². The van der Waals surface area contributed by atoms with Gasteiger partial charge in [-0.05, 0) is 64.0 Å². The summed E-state index contributed by atoms with van der Waals surface area (Å²) in [6.07, 6.45) is 13.8. The number of rotatable bonds is 9. The van der Waals surface area contributed by atoms with Crippen LogP contribution < -0.4 is 10.6 Å². The summed E-state index contributed by atoms with van der Waals surface area (Å²) in [6, 6.07) is 1.52. The Labute approximate surface area is 250 Å². The summed E-state index contributed by atoms with van der Waals surface area (Å²) in [5, 5.41) is 11.8. The molecule has 0 amide bonds. The van der Waals surface area contributed by atoms with Crippen molar-refractivity contribution in [2.24, 2.45) is 5.92 Å². The molecule has 0 aliphatic carbocycles. The minimum atomic E-state index is 0.353. The van der Waals surface area contributed by atoms with E-state index in [4.69, 9.17) is 24.8 Å². The lowest BCUT2D eigenvalue weighted by atomic mass is 9.97. The molecule has 3 aliphatic rings. The second-order valence-corrected chi connectivity index (χ2v) is 12.8. The fourth-order valence-electron chi connectivity index (χ4n) is 7.04. The van der Waals surface area contributed by atoms with Crippen LogP contribution in [0.2, 0.25) is 0 Å². The molecule has 0 unspecified atom stereocenters. The standard InChI is InChI=1S/C32H49N9O/c1-5-28-31(36-24-10-16-42-17-11-24)38-29-27(19-34-32(33-4)30(29)37-28)23-18-35-41(21-23)26-8-14-40(15-9-26)25-6-12-39(13-7-25)20-22(2)3/h18-19,21-22,24-26H,5-17,20H2,1-4H3,(H,33,34)(H,36,38). The average Bonchev–Trinajstić information content (AvgIpc) is 3.51. The molecule has 228 valence electrons. The van der Waals surface area contributed by atoms with E-state index in [1.165, 1.54) is 32.5 Å². The summed E-state index contributed by atoms with van der Waals surface area (Å²) in [4.78, 5) is 20.4. The van der Waals surface area contributed by atoms with Crippen LogP contribution in [0.1, 0.15) is 71.0 Å². The molecule has 0 atom stereocenters. The number of pyridine rings is 1. The highest BCUT2D eigenvalue weighted by Crippen LogP contribution is 2.33. The molecular weight excluding hydrogens is 526 g/mol. The van der Waals surface area contributed by atoms with Crippen molar-refractivity contribution < 1.29 is 4.74 Å². The van der Waals surface area contributed by atoms with E-state index < -0.39 is 0 Å². The Hall–Kier alpha value is -2.82. The van der Waals surface area contributed by atoms with E-state index in [1.807, 2.05) is 19.4 Å². The van der Waals surface area contributed by atoms with Gasteiger partial charge in [0.05, 0.1) is 17.9 Å². The largest absolute Gasteiger partial charge is 0.381 e. The maximum Gasteiger partial charge on any atom is 0.153 e. The first-order valence-corrected chi connectivity index (χ1v) is 16.2. The van der Waals surface area contributed by atoms with Crippen molar-refractivity contribution in [2.45, 2.75) is 83.8 Å². The Morgan fingerprint density at radius 3 is 2.33 bits per heavy atom. The zero-order valence-electron chi connectivity index (χ0n) is 26.0. The molecule has 0 radical (unpaired) electrons. The fourth-order valence-corrected chi connectivity index (χ4v) is 7.04. The Morgan fingerprint density at radius 2 is 1.64 bits per heavy atom. The van der Waals surface area contributed by atoms with Crippen LogP contribution >= 0.6 is 0 Å². The third kappa shape index (κ3) is 6.40. The molecule has 0 aromatic carbocycles. The van der Waals surface area contributed by atoms with Crippen LogP contribution in [0, 0.1) is 5.92 Å². The van der Waals surface area contributed by atoms with E-state index in [-0.39, 0.29) is 0 Å². The predicted octanol–water partition coefficient (Wildman–Crippen LogP) is 4.84. The summed E-state index contributed by atoms with van der Waals surface area (Å²) in [7, 11) is 1.89. The minimum absolute atomic E-state index is 0.353. The van der Waals surface area contributed by atoms with Gasteiger partial charge < -0.3 is 25.2 Å². The Bertz CT molecular complexity index is 1320. The molecule has 42 heavy (non-hydrogen) atoms. The van der Waals surface area contributed by atoms with Gasteiger partial charge in [0.1, 0.15) is 16.9 Å². The number of hydrogen-bond donors (Lipinski definition) is 2. The van der Waals surface area contributed by atoms with Crippen LogP contribution in [-0.4, -0.2) is 99.6 Å². The van der Waals surface area contributed by atoms with Crippen molar-refractivity contribution in [1.82, 2.24) is 34.5 Å². The first-order chi connectivity index (χ1) is 20.5. The van der Waals surface area contributed by atoms with Crippen molar-refractivity contribution in [3.63, 3.8) is 0 Å². The van der Waals surface area contributed by atoms with Crippen LogP contribution in [0.4, 0.5) is 11.6 Å². The third-order valence-corrected chi connectivity index (χ3v) is 9.39. The van der Waals surface area contributed by atoms with E-state index in [0.29, 0.717) is 12.1 Å². The van der Waals surface area contributed by atoms with E-state index in [9.17, 15) is 0 Å². The lowest BCUT2D eigenvalue weighted by Crippen LogP contribution is -2.48. The molecule has 0 saturated carbocycles. The molecule has 6 heterocycles. The van der Waals surface area contributed by atoms with Crippen LogP contribution in [0.25, 0.3) is 22.2 Å². The number of likely N-dealkylation sites (tertiary alicyclic amines) is 2. The summed E-state index contributed by atoms with van der Waals surface area (Å²) >= 11 is 0. The first kappa shape index (κ1) is 29.3. The molecular formula is C32H49N9O. The maximum atomic E-state index is 5.57. The highest BCUT2D eigenvalue weighted by atomic mass is 16.5. The monoisotopic (exact) mass is 575 g/mol. The van der Waals surface area contributed by atoms with Gasteiger partial charge in [0.2, 0.25) is 0 Å². The van der Waals surface area contributed by atoms with E-state index >= 15 is 0 Å². The van der Waals surface area contributed by atoms with Crippen molar-refractivity contribution >= 4 is 22.7 Å². The Morgan fingerprint density at radius 1 is 0.905 bits per heavy atom. The van der Waals surface area contributed by atoms with E-state index in [1.54, 1.807) is 0 Å². The van der Waals surface area contributed by atoms with E-state index in [2.05, 4.69) is 52.1 Å². The number of piperidine rings is 2. The summed E-state index contributed by atoms with van der Waals surface area (Å²) in [5.74, 6) is 2.38. The zero-order chi connectivity index (χ0) is 29.1. The molecule has 10 heteroatoms. The molecule has 3 fully saturated rings. The zero-order valence-corrected chi connectivity index (χ0v) is 26.0. The molecule has 0 bridgehead atoms. The van der Waals surface area contributed by atoms with Gasteiger partial charge in [0.15, 0.2) is 5.82 Å². The van der Waals surface area contributed by atoms with E-state index in [0.717, 1.165) is 110 Å². The lowest BCUT2D eigenvalue weighted by molar-refractivity contribution is 0.0736. The first-order valence-electron chi connectivity index (χ1n) is 16.2. The van der Waals surface area contributed by atoms with Gasteiger partial charge in [0, 0.05) is 75.5 Å². The van der Waals surface area contributed by atoms with Gasteiger partial charge in [-0.15, -0.1) is 0 Å². The number of ether oxygens (including phenoxy) is 1. The topological polar surface area (TPSA) is 96.3 Å². The van der Waals surface area contributed by atoms with Gasteiger partial charge >= 0.3 is 0 Å². The summed E-state index contributed by atoms with van der Waals surface area (Å²) < 4.78 is 7.75. The van der Waals surface area contributed by atoms with Crippen molar-refractivity contribution in [3.05, 3.63) is 24.3 Å². The molecule has 10 nitrogen and oxygen atoms in total. The number of anilines is 2. The minimum Gasteiger partial charge on any atom is -0.381 e. The highest BCUT2D eigenvalue weighted by Gasteiger charge is 2.29. The normalized spacial score (nSPS) is 20.5. The second kappa shape index (κ2) is 13.2. The molecule has 0 spiro atoms. The quantitative estimate of drug-likeness (QED) is 0.372. The Balaban J connectivity index is 1.17. The van der Waals surface area contributed by atoms with Crippen LogP contribution in [-0.2, 0) is 11.2 Å². The highest BCUT2D eigenvalue weighted by molar-refractivity contribution is 5.97. The van der Waals surface area contributed by atoms with Gasteiger partial charge in [0.25, 0.3) is 0 Å². The van der Waals surface area contributed by atoms with Crippen molar-refractivity contribution in [3.8, 4) is 11.1 Å². The SMILES string of the molecule is CCc1nc2c(NC)ncc(-c3cnn(C4CCN(C5CCN(CC(C)C)CC5)CC4)c3)c2nc1NC1CCOCC1. The number of aromatic nitrogens is 5. The van der Waals surface area contributed by atoms with Gasteiger partial charge in [-0.1, -0.05) is 20.8 Å². The van der Waals surface area contributed by atoms with Crippen LogP contribution in [0.5, 0.6) is 0 Å². The number of nitrogens with one attached hydrogen (secondary N) is 2. The number of aryl methyl sites for hydroxylation is 1. The molecule has 3 aliphatic heterocycles. The molecule has 3 aromatic heterocycles. The van der Waals surface area contributed by atoms with Gasteiger partial charge in [-0.3, -0.25) is 4.68 Å². The molecule has 6 rings (SSSR count). The smallest absolute Gasteiger partial charge is 0.153 e. The lowest BCUT2D eigenvalue weighted by Gasteiger charge is -2.42. The van der Waals surface area contributed by atoms with Gasteiger partial charge in [-0.25, -0.2) is 15.0 Å². The van der Waals surface area contributed by atoms with Crippen LogP contribution in [0.3, 0.4) is 0 Å². The number of fused-ring (bicyclic) bond motifs is 1. The molecule has 2 N–H and O–H groups in total. The van der Waals surface area contributed by atoms with Crippen molar-refractivity contribution in [2.75, 3.05) is 63.6 Å². The maximum absolute atomic E-state index is 5.57. The predicted molar refractivity (Wildman–Crippen MR) is 169 cm³/mol. The second-order valence-electron chi connectivity index (χ2n) is 12.8.